The Labute approximate surface area is 117 Å². The van der Waals surface area contributed by atoms with Crippen molar-refractivity contribution in [1.29, 1.82) is 0 Å². The van der Waals surface area contributed by atoms with Crippen molar-refractivity contribution in [1.82, 2.24) is 9.97 Å². The van der Waals surface area contributed by atoms with Gasteiger partial charge in [0.05, 0.1) is 11.4 Å². The molecule has 3 N–H and O–H groups in total. The molecular weight excluding hydrogens is 320 g/mol. The largest absolute Gasteiger partial charge is 0.397 e. The molecule has 0 radical (unpaired) electrons. The van der Waals surface area contributed by atoms with Gasteiger partial charge in [-0.2, -0.15) is 0 Å². The fourth-order valence-corrected chi connectivity index (χ4v) is 1.78. The van der Waals surface area contributed by atoms with Crippen LogP contribution in [-0.2, 0) is 0 Å². The van der Waals surface area contributed by atoms with Crippen LogP contribution in [0.25, 0.3) is 0 Å². The number of amides is 1. The number of nitrogens with one attached hydrogen (secondary N) is 1. The minimum atomic E-state index is -0.435. The van der Waals surface area contributed by atoms with Gasteiger partial charge in [0.1, 0.15) is 0 Å². The first kappa shape index (κ1) is 12.8. The van der Waals surface area contributed by atoms with E-state index in [4.69, 9.17) is 17.3 Å². The van der Waals surface area contributed by atoms with E-state index in [-0.39, 0.29) is 10.8 Å². The maximum atomic E-state index is 11.9. The smallest absolute Gasteiger partial charge is 0.276 e. The zero-order valence-electron chi connectivity index (χ0n) is 9.02. The van der Waals surface area contributed by atoms with Crippen LogP contribution < -0.4 is 11.1 Å². The third-order valence-electron chi connectivity index (χ3n) is 2.11. The van der Waals surface area contributed by atoms with E-state index >= 15 is 0 Å². The summed E-state index contributed by atoms with van der Waals surface area (Å²) in [5, 5.41) is 2.80. The van der Waals surface area contributed by atoms with E-state index in [9.17, 15) is 4.79 Å². The first-order chi connectivity index (χ1) is 8.58. The summed E-state index contributed by atoms with van der Waals surface area (Å²) in [4.78, 5) is 19.8. The number of carbonyl (C=O) groups excluding carboxylic acids is 1. The molecule has 0 spiro atoms. The summed E-state index contributed by atoms with van der Waals surface area (Å²) >= 11 is 9.11. The van der Waals surface area contributed by atoms with Crippen LogP contribution in [-0.4, -0.2) is 15.9 Å². The van der Waals surface area contributed by atoms with Gasteiger partial charge >= 0.3 is 0 Å². The van der Waals surface area contributed by atoms with Gasteiger partial charge in [-0.05, 0) is 34.1 Å². The van der Waals surface area contributed by atoms with Crippen LogP contribution in [0.1, 0.15) is 10.5 Å². The maximum absolute atomic E-state index is 11.9. The van der Waals surface area contributed by atoms with Gasteiger partial charge in [0.2, 0.25) is 0 Å². The minimum Gasteiger partial charge on any atom is -0.397 e. The number of nitrogens with zero attached hydrogens (tertiary/aromatic N) is 2. The number of rotatable bonds is 2. The average Bonchev–Trinajstić information content (AvgIpc) is 2.34. The van der Waals surface area contributed by atoms with Crippen LogP contribution in [0.15, 0.2) is 35.1 Å². The van der Waals surface area contributed by atoms with Gasteiger partial charge in [-0.25, -0.2) is 9.97 Å². The number of hydrogen-bond acceptors (Lipinski definition) is 4. The highest BCUT2D eigenvalue weighted by Crippen LogP contribution is 2.23. The van der Waals surface area contributed by atoms with Crippen LogP contribution in [0.2, 0.25) is 5.15 Å². The average molecular weight is 328 g/mol. The lowest BCUT2D eigenvalue weighted by molar-refractivity contribution is 0.102. The summed E-state index contributed by atoms with van der Waals surface area (Å²) in [6.07, 6.45) is 3.03. The number of nitrogens with two attached hydrogens (primary N) is 1. The van der Waals surface area contributed by atoms with Crippen LogP contribution in [0.4, 0.5) is 11.4 Å². The number of pyridine rings is 2. The minimum absolute atomic E-state index is 0.147. The fraction of sp³-hybridized carbons (Fsp3) is 0. The Bertz CT molecular complexity index is 605. The fourth-order valence-electron chi connectivity index (χ4n) is 1.30. The Hall–Kier alpha value is -1.66. The molecule has 92 valence electrons. The SMILES string of the molecule is Nc1cccnc1C(=O)Nc1cc(Br)cnc1Cl. The summed E-state index contributed by atoms with van der Waals surface area (Å²) in [6.45, 7) is 0. The van der Waals surface area contributed by atoms with Crippen LogP contribution in [0, 0.1) is 0 Å². The van der Waals surface area contributed by atoms with Gasteiger partial charge in [0, 0.05) is 16.9 Å². The second-order valence-corrected chi connectivity index (χ2v) is 4.66. The Kier molecular flexibility index (Phi) is 3.78. The third kappa shape index (κ3) is 2.77. The molecule has 18 heavy (non-hydrogen) atoms. The molecule has 0 aliphatic carbocycles. The van der Waals surface area contributed by atoms with Crippen LogP contribution in [0.5, 0.6) is 0 Å². The Morgan fingerprint density at radius 3 is 2.94 bits per heavy atom. The van der Waals surface area contributed by atoms with Crippen molar-refractivity contribution in [3.05, 3.63) is 45.9 Å². The van der Waals surface area contributed by atoms with Crippen molar-refractivity contribution in [2.75, 3.05) is 11.1 Å². The molecule has 7 heteroatoms. The van der Waals surface area contributed by atoms with Crippen molar-refractivity contribution < 1.29 is 4.79 Å². The second-order valence-electron chi connectivity index (χ2n) is 3.39. The monoisotopic (exact) mass is 326 g/mol. The van der Waals surface area contributed by atoms with E-state index < -0.39 is 5.91 Å². The number of aromatic nitrogens is 2. The van der Waals surface area contributed by atoms with E-state index in [0.717, 1.165) is 0 Å². The third-order valence-corrected chi connectivity index (χ3v) is 2.84. The Morgan fingerprint density at radius 2 is 2.22 bits per heavy atom. The molecule has 0 aliphatic rings. The lowest BCUT2D eigenvalue weighted by atomic mass is 10.3. The number of halogens is 2. The van der Waals surface area contributed by atoms with Gasteiger partial charge in [-0.1, -0.05) is 11.6 Å². The molecule has 0 saturated heterocycles. The van der Waals surface area contributed by atoms with Gasteiger partial charge in [-0.3, -0.25) is 4.79 Å². The highest BCUT2D eigenvalue weighted by molar-refractivity contribution is 9.10. The number of anilines is 2. The first-order valence-electron chi connectivity index (χ1n) is 4.91. The summed E-state index contributed by atoms with van der Waals surface area (Å²) in [6, 6.07) is 4.90. The van der Waals surface area contributed by atoms with Crippen molar-refractivity contribution in [3.8, 4) is 0 Å². The van der Waals surface area contributed by atoms with Gasteiger partial charge in [0.15, 0.2) is 10.8 Å². The van der Waals surface area contributed by atoms with Crippen LogP contribution in [0.3, 0.4) is 0 Å². The predicted octanol–water partition coefficient (Wildman–Crippen LogP) is 2.73. The molecule has 0 unspecified atom stereocenters. The molecule has 2 rings (SSSR count). The van der Waals surface area contributed by atoms with Gasteiger partial charge < -0.3 is 11.1 Å². The van der Waals surface area contributed by atoms with E-state index in [0.29, 0.717) is 15.8 Å². The van der Waals surface area contributed by atoms with Crippen LogP contribution >= 0.6 is 27.5 Å². The highest BCUT2D eigenvalue weighted by atomic mass is 79.9. The Morgan fingerprint density at radius 1 is 1.44 bits per heavy atom. The number of nitrogen functional groups attached to an aromatic ring is 1. The number of hydrogen-bond donors (Lipinski definition) is 2. The van der Waals surface area contributed by atoms with Gasteiger partial charge in [-0.15, -0.1) is 0 Å². The topological polar surface area (TPSA) is 80.9 Å². The lowest BCUT2D eigenvalue weighted by Crippen LogP contribution is -2.16. The standard InChI is InChI=1S/C11H8BrClN4O/c12-6-4-8(10(13)16-5-6)17-11(18)9-7(14)2-1-3-15-9/h1-5H,14H2,(H,17,18). The molecule has 0 aliphatic heterocycles. The van der Waals surface area contributed by atoms with Crippen molar-refractivity contribution in [3.63, 3.8) is 0 Å². The second kappa shape index (κ2) is 5.32. The Balaban J connectivity index is 2.27. The molecule has 0 aromatic carbocycles. The van der Waals surface area contributed by atoms with Crippen molar-refractivity contribution in [2.24, 2.45) is 0 Å². The highest BCUT2D eigenvalue weighted by Gasteiger charge is 2.13. The molecule has 0 atom stereocenters. The zero-order valence-corrected chi connectivity index (χ0v) is 11.4. The van der Waals surface area contributed by atoms with Crippen molar-refractivity contribution >= 4 is 44.8 Å². The number of carbonyl (C=O) groups is 1. The molecule has 0 fully saturated rings. The summed E-state index contributed by atoms with van der Waals surface area (Å²) in [5.74, 6) is -0.435. The molecule has 2 aromatic heterocycles. The molecule has 2 aromatic rings. The molecular formula is C11H8BrClN4O. The van der Waals surface area contributed by atoms with Gasteiger partial charge in [0.25, 0.3) is 5.91 Å². The molecule has 1 amide bonds. The van der Waals surface area contributed by atoms with E-state index in [1.165, 1.54) is 12.4 Å². The zero-order chi connectivity index (χ0) is 13.1. The van der Waals surface area contributed by atoms with E-state index in [1.54, 1.807) is 18.2 Å². The molecule has 5 nitrogen and oxygen atoms in total. The lowest BCUT2D eigenvalue weighted by Gasteiger charge is -2.07. The predicted molar refractivity (Wildman–Crippen MR) is 73.5 cm³/mol. The summed E-state index contributed by atoms with van der Waals surface area (Å²) < 4.78 is 0.705. The molecule has 2 heterocycles. The maximum Gasteiger partial charge on any atom is 0.276 e. The summed E-state index contributed by atoms with van der Waals surface area (Å²) in [5.41, 5.74) is 6.50. The van der Waals surface area contributed by atoms with E-state index in [1.807, 2.05) is 0 Å². The quantitative estimate of drug-likeness (QED) is 0.831. The normalized spacial score (nSPS) is 10.1. The van der Waals surface area contributed by atoms with E-state index in [2.05, 4.69) is 31.2 Å². The molecule has 0 saturated carbocycles. The summed E-state index contributed by atoms with van der Waals surface area (Å²) in [7, 11) is 0. The van der Waals surface area contributed by atoms with Crippen molar-refractivity contribution in [2.45, 2.75) is 0 Å². The first-order valence-corrected chi connectivity index (χ1v) is 6.08. The molecule has 0 bridgehead atoms.